The molecule has 0 heterocycles. The zero-order valence-corrected chi connectivity index (χ0v) is 13.7. The molecule has 2 rings (SSSR count). The van der Waals surface area contributed by atoms with Gasteiger partial charge in [0.1, 0.15) is 12.4 Å². The van der Waals surface area contributed by atoms with Crippen LogP contribution in [-0.2, 0) is 11.4 Å². The summed E-state index contributed by atoms with van der Waals surface area (Å²) in [6.45, 7) is 4.52. The van der Waals surface area contributed by atoms with Gasteiger partial charge in [0, 0.05) is 5.69 Å². The number of benzene rings is 2. The lowest BCUT2D eigenvalue weighted by Crippen LogP contribution is -2.40. The van der Waals surface area contributed by atoms with Crippen LogP contribution in [0.25, 0.3) is 0 Å². The third kappa shape index (κ3) is 5.11. The number of nitrogens with two attached hydrogens (primary N) is 1. The van der Waals surface area contributed by atoms with Gasteiger partial charge in [0.15, 0.2) is 0 Å². The van der Waals surface area contributed by atoms with Gasteiger partial charge in [0.05, 0.1) is 6.04 Å². The molecule has 0 aliphatic carbocycles. The maximum Gasteiger partial charge on any atom is 0.241 e. The normalized spacial score (nSPS) is 13.2. The van der Waals surface area contributed by atoms with E-state index < -0.39 is 6.04 Å². The third-order valence-corrected chi connectivity index (χ3v) is 3.93. The first kappa shape index (κ1) is 17.0. The Kier molecular flexibility index (Phi) is 6.18. The monoisotopic (exact) mass is 312 g/mol. The molecule has 0 saturated heterocycles. The number of anilines is 1. The van der Waals surface area contributed by atoms with E-state index in [1.54, 1.807) is 0 Å². The molecule has 0 aliphatic rings. The fraction of sp³-hybridized carbons (Fsp3) is 0.316. The lowest BCUT2D eigenvalue weighted by atomic mass is 9.99. The summed E-state index contributed by atoms with van der Waals surface area (Å²) in [5.74, 6) is 0.763. The Morgan fingerprint density at radius 3 is 2.39 bits per heavy atom. The van der Waals surface area contributed by atoms with Gasteiger partial charge in [-0.25, -0.2) is 0 Å². The van der Waals surface area contributed by atoms with Crippen LogP contribution < -0.4 is 15.8 Å². The van der Waals surface area contributed by atoms with Crippen LogP contribution in [0.4, 0.5) is 5.69 Å². The molecule has 0 radical (unpaired) electrons. The lowest BCUT2D eigenvalue weighted by molar-refractivity contribution is -0.118. The van der Waals surface area contributed by atoms with Gasteiger partial charge in [0.25, 0.3) is 0 Å². The fourth-order valence-corrected chi connectivity index (χ4v) is 2.11. The molecule has 2 aromatic carbocycles. The first-order valence-electron chi connectivity index (χ1n) is 7.93. The number of carbonyl (C=O) groups excluding carboxylic acids is 1. The van der Waals surface area contributed by atoms with Crippen molar-refractivity contribution in [2.75, 3.05) is 5.32 Å². The average Bonchev–Trinajstić information content (AvgIpc) is 2.60. The topological polar surface area (TPSA) is 64.4 Å². The van der Waals surface area contributed by atoms with Gasteiger partial charge in [-0.2, -0.15) is 0 Å². The molecule has 0 spiro atoms. The van der Waals surface area contributed by atoms with Gasteiger partial charge in [-0.05, 0) is 35.7 Å². The quantitative estimate of drug-likeness (QED) is 0.821. The minimum absolute atomic E-state index is 0.155. The van der Waals surface area contributed by atoms with E-state index in [4.69, 9.17) is 10.5 Å². The molecule has 4 nitrogen and oxygen atoms in total. The van der Waals surface area contributed by atoms with Crippen molar-refractivity contribution in [1.82, 2.24) is 0 Å². The van der Waals surface area contributed by atoms with Gasteiger partial charge >= 0.3 is 0 Å². The summed E-state index contributed by atoms with van der Waals surface area (Å²) in [5, 5.41) is 2.84. The number of amides is 1. The molecule has 23 heavy (non-hydrogen) atoms. The van der Waals surface area contributed by atoms with E-state index in [9.17, 15) is 4.79 Å². The second-order valence-corrected chi connectivity index (χ2v) is 5.70. The van der Waals surface area contributed by atoms with Crippen molar-refractivity contribution >= 4 is 11.6 Å². The Labute approximate surface area is 137 Å². The number of nitrogens with one attached hydrogen (secondary N) is 1. The number of carbonyl (C=O) groups is 1. The molecule has 0 aromatic heterocycles. The van der Waals surface area contributed by atoms with Crippen molar-refractivity contribution in [3.8, 4) is 5.75 Å². The van der Waals surface area contributed by atoms with Crippen LogP contribution in [0.3, 0.4) is 0 Å². The summed E-state index contributed by atoms with van der Waals surface area (Å²) in [6, 6.07) is 16.8. The van der Waals surface area contributed by atoms with E-state index in [1.165, 1.54) is 0 Å². The van der Waals surface area contributed by atoms with Crippen LogP contribution in [0.15, 0.2) is 54.6 Å². The number of ether oxygens (including phenoxy) is 1. The maximum absolute atomic E-state index is 12.0. The molecule has 0 aliphatic heterocycles. The van der Waals surface area contributed by atoms with Crippen molar-refractivity contribution in [2.45, 2.75) is 32.9 Å². The predicted octanol–water partition coefficient (Wildman–Crippen LogP) is 3.58. The summed E-state index contributed by atoms with van der Waals surface area (Å²) in [7, 11) is 0. The zero-order valence-electron chi connectivity index (χ0n) is 13.7. The van der Waals surface area contributed by atoms with E-state index in [2.05, 4.69) is 5.32 Å². The molecule has 0 fully saturated rings. The molecule has 1 unspecified atom stereocenters. The van der Waals surface area contributed by atoms with Crippen molar-refractivity contribution in [3.63, 3.8) is 0 Å². The van der Waals surface area contributed by atoms with Gasteiger partial charge < -0.3 is 15.8 Å². The highest BCUT2D eigenvalue weighted by atomic mass is 16.5. The van der Waals surface area contributed by atoms with Gasteiger partial charge in [0.2, 0.25) is 5.91 Å². The van der Waals surface area contributed by atoms with Crippen LogP contribution in [0.5, 0.6) is 5.75 Å². The molecule has 4 heteroatoms. The average molecular weight is 312 g/mol. The molecule has 1 amide bonds. The summed E-state index contributed by atoms with van der Waals surface area (Å²) in [4.78, 5) is 12.0. The minimum Gasteiger partial charge on any atom is -0.489 e. The van der Waals surface area contributed by atoms with Crippen molar-refractivity contribution in [1.29, 1.82) is 0 Å². The second kappa shape index (κ2) is 8.34. The lowest BCUT2D eigenvalue weighted by Gasteiger charge is -2.17. The number of hydrogen-bond acceptors (Lipinski definition) is 3. The first-order valence-corrected chi connectivity index (χ1v) is 7.93. The molecule has 122 valence electrons. The Hall–Kier alpha value is -2.33. The molecule has 2 atom stereocenters. The molecule has 2 aromatic rings. The number of rotatable bonds is 7. The summed E-state index contributed by atoms with van der Waals surface area (Å²) in [5.41, 5.74) is 7.76. The summed E-state index contributed by atoms with van der Waals surface area (Å²) in [6.07, 6.45) is 0.876. The van der Waals surface area contributed by atoms with E-state index >= 15 is 0 Å². The molecular formula is C19H24N2O2. The summed E-state index contributed by atoms with van der Waals surface area (Å²) >= 11 is 0. The van der Waals surface area contributed by atoms with Crippen LogP contribution in [0, 0.1) is 5.92 Å². The van der Waals surface area contributed by atoms with Gasteiger partial charge in [-0.15, -0.1) is 0 Å². The van der Waals surface area contributed by atoms with E-state index in [-0.39, 0.29) is 11.8 Å². The standard InChI is InChI=1S/C19H24N2O2/c1-3-14(2)18(20)19(22)21-16-9-11-17(12-10-16)23-13-15-7-5-4-6-8-15/h4-12,14,18H,3,13,20H2,1-2H3,(H,21,22)/t14?,18-/m0/s1. The van der Waals surface area contributed by atoms with Crippen molar-refractivity contribution < 1.29 is 9.53 Å². The summed E-state index contributed by atoms with van der Waals surface area (Å²) < 4.78 is 5.72. The van der Waals surface area contributed by atoms with Gasteiger partial charge in [-0.3, -0.25) is 4.79 Å². The Bertz CT molecular complexity index is 611. The van der Waals surface area contributed by atoms with Gasteiger partial charge in [-0.1, -0.05) is 50.6 Å². The maximum atomic E-state index is 12.0. The molecule has 0 bridgehead atoms. The van der Waals surface area contributed by atoms with E-state index in [0.717, 1.165) is 23.4 Å². The van der Waals surface area contributed by atoms with Crippen LogP contribution >= 0.6 is 0 Å². The van der Waals surface area contributed by atoms with Crippen LogP contribution in [0.1, 0.15) is 25.8 Å². The third-order valence-electron chi connectivity index (χ3n) is 3.93. The smallest absolute Gasteiger partial charge is 0.241 e. The Morgan fingerprint density at radius 1 is 1.13 bits per heavy atom. The molecule has 3 N–H and O–H groups in total. The highest BCUT2D eigenvalue weighted by Gasteiger charge is 2.19. The first-order chi connectivity index (χ1) is 11.1. The fourth-order valence-electron chi connectivity index (χ4n) is 2.11. The molecular weight excluding hydrogens is 288 g/mol. The molecule has 0 saturated carbocycles. The Balaban J connectivity index is 1.88. The predicted molar refractivity (Wildman–Crippen MR) is 93.3 cm³/mol. The Morgan fingerprint density at radius 2 is 1.78 bits per heavy atom. The van der Waals surface area contributed by atoms with Crippen molar-refractivity contribution in [3.05, 3.63) is 60.2 Å². The van der Waals surface area contributed by atoms with E-state index in [1.807, 2.05) is 68.4 Å². The second-order valence-electron chi connectivity index (χ2n) is 5.70. The van der Waals surface area contributed by atoms with Crippen molar-refractivity contribution in [2.24, 2.45) is 11.7 Å². The highest BCUT2D eigenvalue weighted by Crippen LogP contribution is 2.18. The largest absolute Gasteiger partial charge is 0.489 e. The van der Waals surface area contributed by atoms with E-state index in [0.29, 0.717) is 6.61 Å². The van der Waals surface area contributed by atoms with Crippen LogP contribution in [-0.4, -0.2) is 11.9 Å². The minimum atomic E-state index is -0.492. The zero-order chi connectivity index (χ0) is 16.7. The SMILES string of the molecule is CCC(C)[C@H](N)C(=O)Nc1ccc(OCc2ccccc2)cc1. The highest BCUT2D eigenvalue weighted by molar-refractivity contribution is 5.94. The number of hydrogen-bond donors (Lipinski definition) is 2. The van der Waals surface area contributed by atoms with Crippen LogP contribution in [0.2, 0.25) is 0 Å².